The van der Waals surface area contributed by atoms with Gasteiger partial charge in [0.25, 0.3) is 5.91 Å². The molecule has 0 spiro atoms. The first-order chi connectivity index (χ1) is 16.5. The van der Waals surface area contributed by atoms with Crippen LogP contribution in [0.5, 0.6) is 0 Å². The number of nitrogens with zero attached hydrogens (tertiary/aromatic N) is 1. The van der Waals surface area contributed by atoms with Gasteiger partial charge in [-0.15, -0.1) is 0 Å². The number of esters is 1. The Hall–Kier alpha value is -4.14. The van der Waals surface area contributed by atoms with Crippen molar-refractivity contribution in [3.05, 3.63) is 65.9 Å². The van der Waals surface area contributed by atoms with Gasteiger partial charge in [-0.2, -0.15) is 0 Å². The third-order valence-electron chi connectivity index (χ3n) is 5.04. The molecular weight excluding hydrogens is 450 g/mol. The Kier molecular flexibility index (Phi) is 7.58. The highest BCUT2D eigenvalue weighted by molar-refractivity contribution is 5.99. The number of benzene rings is 2. The Labute approximate surface area is 203 Å². The van der Waals surface area contributed by atoms with Gasteiger partial charge >= 0.3 is 12.1 Å². The number of carbonyl (C=O) groups excluding carboxylic acids is 4. The number of methoxy groups -OCH3 is 1. The lowest BCUT2D eigenvalue weighted by atomic mass is 10.0. The average Bonchev–Trinajstić information content (AvgIpc) is 3.15. The van der Waals surface area contributed by atoms with Crippen LogP contribution in [0.15, 0.2) is 54.7 Å². The second kappa shape index (κ2) is 10.4. The minimum Gasteiger partial charge on any atom is -0.467 e. The first-order valence-corrected chi connectivity index (χ1v) is 11.1. The van der Waals surface area contributed by atoms with E-state index in [4.69, 9.17) is 9.47 Å². The van der Waals surface area contributed by atoms with E-state index in [2.05, 4.69) is 10.6 Å². The predicted molar refractivity (Wildman–Crippen MR) is 131 cm³/mol. The van der Waals surface area contributed by atoms with Crippen molar-refractivity contribution in [3.8, 4) is 0 Å². The first kappa shape index (κ1) is 25.5. The highest BCUT2D eigenvalue weighted by Gasteiger charge is 2.26. The molecule has 3 aromatic rings. The van der Waals surface area contributed by atoms with Crippen LogP contribution in [0, 0.1) is 0 Å². The fraction of sp³-hybridized carbons (Fsp3) is 0.308. The number of anilines is 1. The van der Waals surface area contributed by atoms with Crippen molar-refractivity contribution < 1.29 is 28.7 Å². The maximum Gasteiger partial charge on any atom is 0.419 e. The molecule has 0 bridgehead atoms. The molecule has 0 aliphatic heterocycles. The molecule has 2 amide bonds. The molecule has 9 nitrogen and oxygen atoms in total. The van der Waals surface area contributed by atoms with E-state index in [0.29, 0.717) is 16.8 Å². The number of fused-ring (bicyclic) bond motifs is 1. The Balaban J connectivity index is 1.90. The molecule has 0 aliphatic rings. The predicted octanol–water partition coefficient (Wildman–Crippen LogP) is 3.90. The van der Waals surface area contributed by atoms with Crippen molar-refractivity contribution in [1.29, 1.82) is 0 Å². The van der Waals surface area contributed by atoms with Crippen LogP contribution in [0.2, 0.25) is 0 Å². The minimum atomic E-state index is -1.02. The number of hydrogen-bond acceptors (Lipinski definition) is 6. The summed E-state index contributed by atoms with van der Waals surface area (Å²) in [5.74, 6) is -1.41. The van der Waals surface area contributed by atoms with Crippen LogP contribution in [0.3, 0.4) is 0 Å². The maximum atomic E-state index is 12.9. The van der Waals surface area contributed by atoms with Crippen LogP contribution >= 0.6 is 0 Å². The molecule has 9 heteroatoms. The highest BCUT2D eigenvalue weighted by Crippen LogP contribution is 2.24. The Morgan fingerprint density at radius 3 is 2.40 bits per heavy atom. The van der Waals surface area contributed by atoms with Crippen molar-refractivity contribution >= 4 is 40.5 Å². The number of carbonyl (C=O) groups is 4. The van der Waals surface area contributed by atoms with Crippen molar-refractivity contribution in [3.63, 3.8) is 0 Å². The smallest absolute Gasteiger partial charge is 0.419 e. The van der Waals surface area contributed by atoms with E-state index in [1.165, 1.54) is 24.7 Å². The molecule has 35 heavy (non-hydrogen) atoms. The van der Waals surface area contributed by atoms with Crippen LogP contribution in [0.4, 0.5) is 10.5 Å². The molecule has 1 aromatic heterocycles. The van der Waals surface area contributed by atoms with Crippen LogP contribution in [0.1, 0.15) is 43.6 Å². The van der Waals surface area contributed by atoms with Gasteiger partial charge in [-0.3, -0.25) is 14.2 Å². The molecule has 0 unspecified atom stereocenters. The summed E-state index contributed by atoms with van der Waals surface area (Å²) in [5.41, 5.74) is 1.32. The molecule has 0 aliphatic carbocycles. The van der Waals surface area contributed by atoms with Gasteiger partial charge in [-0.05, 0) is 50.6 Å². The van der Waals surface area contributed by atoms with Gasteiger partial charge < -0.3 is 20.1 Å². The molecule has 1 atom stereocenters. The van der Waals surface area contributed by atoms with E-state index in [1.54, 1.807) is 57.3 Å². The molecule has 0 saturated heterocycles. The Morgan fingerprint density at radius 2 is 1.74 bits per heavy atom. The average molecular weight is 480 g/mol. The molecule has 3 rings (SSSR count). The van der Waals surface area contributed by atoms with Crippen LogP contribution in [0.25, 0.3) is 10.9 Å². The summed E-state index contributed by atoms with van der Waals surface area (Å²) < 4.78 is 11.8. The lowest BCUT2D eigenvalue weighted by Crippen LogP contribution is -2.43. The summed E-state index contributed by atoms with van der Waals surface area (Å²) in [6, 6.07) is 12.6. The SMILES string of the molecule is COC(=O)[C@@H](Cc1cn(C(=O)OC(C)(C)C)c2ccccc12)NC(=O)c1cccc(NC(C)=O)c1. The van der Waals surface area contributed by atoms with Crippen molar-refractivity contribution in [1.82, 2.24) is 9.88 Å². The molecule has 2 aromatic carbocycles. The molecular formula is C26H29N3O6. The molecule has 1 heterocycles. The lowest BCUT2D eigenvalue weighted by Gasteiger charge is -2.19. The summed E-state index contributed by atoms with van der Waals surface area (Å²) in [6.45, 7) is 6.71. The van der Waals surface area contributed by atoms with Crippen LogP contribution < -0.4 is 10.6 Å². The number of rotatable bonds is 6. The summed E-state index contributed by atoms with van der Waals surface area (Å²) >= 11 is 0. The molecule has 184 valence electrons. The number of hydrogen-bond donors (Lipinski definition) is 2. The monoisotopic (exact) mass is 479 g/mol. The zero-order valence-corrected chi connectivity index (χ0v) is 20.4. The zero-order valence-electron chi connectivity index (χ0n) is 20.4. The Bertz CT molecular complexity index is 1270. The normalized spacial score (nSPS) is 12.0. The number of aromatic nitrogens is 1. The molecule has 0 fully saturated rings. The summed E-state index contributed by atoms with van der Waals surface area (Å²) in [4.78, 5) is 49.6. The van der Waals surface area contributed by atoms with Crippen molar-refractivity contribution in [2.24, 2.45) is 0 Å². The van der Waals surface area contributed by atoms with Gasteiger partial charge in [-0.25, -0.2) is 9.59 Å². The van der Waals surface area contributed by atoms with E-state index in [9.17, 15) is 19.2 Å². The first-order valence-electron chi connectivity index (χ1n) is 11.1. The fourth-order valence-corrected chi connectivity index (χ4v) is 3.61. The summed E-state index contributed by atoms with van der Waals surface area (Å²) in [6.07, 6.45) is 1.15. The lowest BCUT2D eigenvalue weighted by molar-refractivity contribution is -0.142. The third kappa shape index (κ3) is 6.47. The fourth-order valence-electron chi connectivity index (χ4n) is 3.61. The quantitative estimate of drug-likeness (QED) is 0.518. The zero-order chi connectivity index (χ0) is 25.8. The second-order valence-corrected chi connectivity index (χ2v) is 9.04. The summed E-state index contributed by atoms with van der Waals surface area (Å²) in [5, 5.41) is 6.07. The van der Waals surface area contributed by atoms with E-state index in [-0.39, 0.29) is 17.9 Å². The number of ether oxygens (including phenoxy) is 2. The molecule has 0 radical (unpaired) electrons. The van der Waals surface area contributed by atoms with E-state index in [1.807, 2.05) is 12.1 Å². The number of amides is 2. The number of para-hydroxylation sites is 1. The summed E-state index contributed by atoms with van der Waals surface area (Å²) in [7, 11) is 1.24. The standard InChI is InChI=1S/C26H29N3O6/c1-16(30)27-19-10-8-9-17(13-19)23(31)28-21(24(32)34-5)14-18-15-29(25(33)35-26(2,3)4)22-12-7-6-11-20(18)22/h6-13,15,21H,14H2,1-5H3,(H,27,30)(H,28,31)/t21-/m1/s1. The third-order valence-corrected chi connectivity index (χ3v) is 5.04. The highest BCUT2D eigenvalue weighted by atomic mass is 16.6. The van der Waals surface area contributed by atoms with Crippen LogP contribution in [-0.4, -0.2) is 47.2 Å². The minimum absolute atomic E-state index is 0.0834. The molecule has 2 N–H and O–H groups in total. The largest absolute Gasteiger partial charge is 0.467 e. The molecule has 0 saturated carbocycles. The van der Waals surface area contributed by atoms with Gasteiger partial charge in [0.05, 0.1) is 12.6 Å². The van der Waals surface area contributed by atoms with E-state index < -0.39 is 29.6 Å². The Morgan fingerprint density at radius 1 is 1.03 bits per heavy atom. The van der Waals surface area contributed by atoms with Crippen molar-refractivity contribution in [2.75, 3.05) is 12.4 Å². The van der Waals surface area contributed by atoms with Crippen LogP contribution in [-0.2, 0) is 25.5 Å². The second-order valence-electron chi connectivity index (χ2n) is 9.04. The van der Waals surface area contributed by atoms with Gasteiger partial charge in [0.1, 0.15) is 11.6 Å². The van der Waals surface area contributed by atoms with Gasteiger partial charge in [0.2, 0.25) is 5.91 Å². The van der Waals surface area contributed by atoms with E-state index >= 15 is 0 Å². The number of nitrogens with one attached hydrogen (secondary N) is 2. The van der Waals surface area contributed by atoms with Gasteiger partial charge in [0, 0.05) is 36.2 Å². The van der Waals surface area contributed by atoms with E-state index in [0.717, 1.165) is 5.39 Å². The topological polar surface area (TPSA) is 116 Å². The maximum absolute atomic E-state index is 12.9. The van der Waals surface area contributed by atoms with Gasteiger partial charge in [0.15, 0.2) is 0 Å². The van der Waals surface area contributed by atoms with Crippen molar-refractivity contribution in [2.45, 2.75) is 45.8 Å². The van der Waals surface area contributed by atoms with Gasteiger partial charge in [-0.1, -0.05) is 24.3 Å².